The average molecular weight is 212 g/mol. The third-order valence-corrected chi connectivity index (χ3v) is 1.55. The van der Waals surface area contributed by atoms with Gasteiger partial charge in [-0.1, -0.05) is 0 Å². The van der Waals surface area contributed by atoms with E-state index >= 15 is 0 Å². The van der Waals surface area contributed by atoms with Gasteiger partial charge in [-0.15, -0.1) is 0 Å². The number of aliphatic hydroxyl groups excluding tert-OH is 2. The van der Waals surface area contributed by atoms with Crippen LogP contribution in [0.25, 0.3) is 0 Å². The van der Waals surface area contributed by atoms with Gasteiger partial charge in [0, 0.05) is 6.54 Å². The molecule has 0 aliphatic rings. The maximum atomic E-state index is 11.0. The van der Waals surface area contributed by atoms with E-state index < -0.39 is 6.09 Å². The fourth-order valence-electron chi connectivity index (χ4n) is 0.866. The zero-order valence-electron chi connectivity index (χ0n) is 8.01. The highest BCUT2D eigenvalue weighted by atomic mass is 16.6. The van der Waals surface area contributed by atoms with Crippen LogP contribution in [0.1, 0.15) is 5.69 Å². The van der Waals surface area contributed by atoms with Crippen LogP contribution in [0.15, 0.2) is 18.3 Å². The van der Waals surface area contributed by atoms with Crippen LogP contribution < -0.4 is 10.1 Å². The minimum atomic E-state index is -0.650. The minimum Gasteiger partial charge on any atom is -0.409 e. The van der Waals surface area contributed by atoms with Gasteiger partial charge in [-0.3, -0.25) is 4.98 Å². The van der Waals surface area contributed by atoms with E-state index in [0.29, 0.717) is 5.69 Å². The first kappa shape index (κ1) is 11.4. The van der Waals surface area contributed by atoms with Crippen molar-refractivity contribution in [2.24, 2.45) is 0 Å². The third-order valence-electron chi connectivity index (χ3n) is 1.55. The molecule has 0 unspecified atom stereocenters. The molecule has 0 saturated heterocycles. The Labute approximate surface area is 86.5 Å². The monoisotopic (exact) mass is 212 g/mol. The van der Waals surface area contributed by atoms with Crippen molar-refractivity contribution in [3.8, 4) is 5.75 Å². The first-order valence-corrected chi connectivity index (χ1v) is 4.38. The summed E-state index contributed by atoms with van der Waals surface area (Å²) in [6.07, 6.45) is 0.687. The van der Waals surface area contributed by atoms with Crippen molar-refractivity contribution in [2.45, 2.75) is 6.61 Å². The topological polar surface area (TPSA) is 91.7 Å². The number of pyridine rings is 1. The largest absolute Gasteiger partial charge is 0.412 e. The predicted octanol–water partition coefficient (Wildman–Crippen LogP) is -0.345. The highest BCUT2D eigenvalue weighted by Gasteiger charge is 2.03. The van der Waals surface area contributed by atoms with Crippen LogP contribution in [0.5, 0.6) is 5.75 Å². The standard InChI is InChI=1S/C9H12N2O4/c12-4-3-10-9(14)15-8-2-1-7(6-13)11-5-8/h1-2,5,12-13H,3-4,6H2,(H,10,14). The summed E-state index contributed by atoms with van der Waals surface area (Å²) in [4.78, 5) is 14.8. The van der Waals surface area contributed by atoms with Crippen molar-refractivity contribution >= 4 is 6.09 Å². The van der Waals surface area contributed by atoms with Gasteiger partial charge < -0.3 is 20.3 Å². The number of hydrogen-bond acceptors (Lipinski definition) is 5. The SMILES string of the molecule is O=C(NCCO)Oc1ccc(CO)nc1. The Bertz CT molecular complexity index is 312. The Morgan fingerprint density at radius 2 is 2.27 bits per heavy atom. The summed E-state index contributed by atoms with van der Waals surface area (Å²) in [7, 11) is 0. The second kappa shape index (κ2) is 5.94. The van der Waals surface area contributed by atoms with Crippen molar-refractivity contribution < 1.29 is 19.7 Å². The summed E-state index contributed by atoms with van der Waals surface area (Å²) in [5.41, 5.74) is 0.498. The Kier molecular flexibility index (Phi) is 4.52. The Morgan fingerprint density at radius 3 is 2.80 bits per heavy atom. The number of rotatable bonds is 4. The number of nitrogens with one attached hydrogen (secondary N) is 1. The van der Waals surface area contributed by atoms with Gasteiger partial charge in [-0.2, -0.15) is 0 Å². The van der Waals surface area contributed by atoms with Gasteiger partial charge in [-0.05, 0) is 12.1 Å². The minimum absolute atomic E-state index is 0.140. The lowest BCUT2D eigenvalue weighted by molar-refractivity contribution is 0.195. The molecule has 1 rings (SSSR count). The highest BCUT2D eigenvalue weighted by molar-refractivity contribution is 5.70. The number of hydrogen-bond donors (Lipinski definition) is 3. The van der Waals surface area contributed by atoms with E-state index in [1.807, 2.05) is 0 Å². The highest BCUT2D eigenvalue weighted by Crippen LogP contribution is 2.08. The lowest BCUT2D eigenvalue weighted by Gasteiger charge is -2.04. The van der Waals surface area contributed by atoms with E-state index in [2.05, 4.69) is 10.3 Å². The first-order chi connectivity index (χ1) is 7.26. The van der Waals surface area contributed by atoms with Crippen molar-refractivity contribution in [3.05, 3.63) is 24.0 Å². The van der Waals surface area contributed by atoms with Gasteiger partial charge in [0.05, 0.1) is 25.1 Å². The van der Waals surface area contributed by atoms with E-state index in [0.717, 1.165) is 0 Å². The number of ether oxygens (including phenoxy) is 1. The van der Waals surface area contributed by atoms with Crippen LogP contribution in [-0.4, -0.2) is 34.4 Å². The molecule has 6 heteroatoms. The number of aromatic nitrogens is 1. The van der Waals surface area contributed by atoms with Crippen molar-refractivity contribution in [2.75, 3.05) is 13.2 Å². The van der Waals surface area contributed by atoms with E-state index in [9.17, 15) is 4.79 Å². The Hall–Kier alpha value is -1.66. The Balaban J connectivity index is 2.46. The number of carbonyl (C=O) groups excluding carboxylic acids is 1. The molecule has 6 nitrogen and oxygen atoms in total. The second-order valence-corrected chi connectivity index (χ2v) is 2.68. The molecule has 1 amide bonds. The summed E-state index contributed by atoms with van der Waals surface area (Å²) >= 11 is 0. The molecule has 1 heterocycles. The van der Waals surface area contributed by atoms with Gasteiger partial charge in [-0.25, -0.2) is 4.79 Å². The molecule has 1 aromatic heterocycles. The van der Waals surface area contributed by atoms with Gasteiger partial charge in [0.1, 0.15) is 0 Å². The maximum absolute atomic E-state index is 11.0. The van der Waals surface area contributed by atoms with Crippen molar-refractivity contribution in [1.82, 2.24) is 10.3 Å². The van der Waals surface area contributed by atoms with Gasteiger partial charge in [0.2, 0.25) is 0 Å². The third kappa shape index (κ3) is 3.92. The molecule has 0 radical (unpaired) electrons. The first-order valence-electron chi connectivity index (χ1n) is 4.38. The van der Waals surface area contributed by atoms with Crippen LogP contribution in [-0.2, 0) is 6.61 Å². The lowest BCUT2D eigenvalue weighted by atomic mass is 10.3. The number of carbonyl (C=O) groups is 1. The molecule has 0 fully saturated rings. The summed E-state index contributed by atoms with van der Waals surface area (Å²) in [5, 5.41) is 19.5. The molecular weight excluding hydrogens is 200 g/mol. The molecule has 3 N–H and O–H groups in total. The number of aliphatic hydroxyl groups is 2. The molecule has 1 aromatic rings. The van der Waals surface area contributed by atoms with Crippen LogP contribution in [0.3, 0.4) is 0 Å². The summed E-state index contributed by atoms with van der Waals surface area (Å²) in [6.45, 7) is -0.158. The van der Waals surface area contributed by atoms with Crippen LogP contribution in [0.2, 0.25) is 0 Å². The smallest absolute Gasteiger partial charge is 0.409 e. The maximum Gasteiger partial charge on any atom is 0.412 e. The average Bonchev–Trinajstić information content (AvgIpc) is 2.27. The van der Waals surface area contributed by atoms with E-state index in [1.54, 1.807) is 6.07 Å². The van der Waals surface area contributed by atoms with Crippen molar-refractivity contribution in [3.63, 3.8) is 0 Å². The molecule has 0 saturated carbocycles. The molecular formula is C9H12N2O4. The van der Waals surface area contributed by atoms with Gasteiger partial charge in [0.15, 0.2) is 5.75 Å². The Morgan fingerprint density at radius 1 is 1.47 bits per heavy atom. The lowest BCUT2D eigenvalue weighted by Crippen LogP contribution is -2.29. The van der Waals surface area contributed by atoms with E-state index in [1.165, 1.54) is 12.3 Å². The van der Waals surface area contributed by atoms with E-state index in [4.69, 9.17) is 14.9 Å². The zero-order valence-corrected chi connectivity index (χ0v) is 8.01. The van der Waals surface area contributed by atoms with Crippen molar-refractivity contribution in [1.29, 1.82) is 0 Å². The quantitative estimate of drug-likeness (QED) is 0.634. The fraction of sp³-hybridized carbons (Fsp3) is 0.333. The number of nitrogens with zero attached hydrogens (tertiary/aromatic N) is 1. The summed E-state index contributed by atoms with van der Waals surface area (Å²) in [6, 6.07) is 3.08. The number of amides is 1. The van der Waals surface area contributed by atoms with Gasteiger partial charge >= 0.3 is 6.09 Å². The summed E-state index contributed by atoms with van der Waals surface area (Å²) in [5.74, 6) is 0.280. The molecule has 82 valence electrons. The fourth-order valence-corrected chi connectivity index (χ4v) is 0.866. The predicted molar refractivity (Wildman–Crippen MR) is 51.3 cm³/mol. The summed E-state index contributed by atoms with van der Waals surface area (Å²) < 4.78 is 4.81. The van der Waals surface area contributed by atoms with Crippen LogP contribution >= 0.6 is 0 Å². The molecule has 0 aromatic carbocycles. The molecule has 0 aliphatic carbocycles. The zero-order chi connectivity index (χ0) is 11.1. The molecule has 15 heavy (non-hydrogen) atoms. The molecule has 0 bridgehead atoms. The molecule has 0 atom stereocenters. The second-order valence-electron chi connectivity index (χ2n) is 2.68. The van der Waals surface area contributed by atoms with Crippen LogP contribution in [0.4, 0.5) is 4.79 Å². The van der Waals surface area contributed by atoms with Gasteiger partial charge in [0.25, 0.3) is 0 Å². The molecule has 0 spiro atoms. The van der Waals surface area contributed by atoms with Crippen LogP contribution in [0, 0.1) is 0 Å². The van der Waals surface area contributed by atoms with E-state index in [-0.39, 0.29) is 25.5 Å². The normalized spacial score (nSPS) is 9.73. The molecule has 0 aliphatic heterocycles.